The van der Waals surface area contributed by atoms with E-state index in [4.69, 9.17) is 9.47 Å². The lowest BCUT2D eigenvalue weighted by molar-refractivity contribution is -0.169. The van der Waals surface area contributed by atoms with E-state index in [-0.39, 0.29) is 42.4 Å². The molecule has 0 spiro atoms. The second-order valence-corrected chi connectivity index (χ2v) is 15.4. The summed E-state index contributed by atoms with van der Waals surface area (Å²) in [5, 5.41) is 44.1. The maximum atomic E-state index is 13.5. The molecule has 11 atom stereocenters. The first-order valence-electron chi connectivity index (χ1n) is 15.3. The van der Waals surface area contributed by atoms with E-state index in [1.807, 2.05) is 13.8 Å². The molecule has 4 N–H and O–H groups in total. The third-order valence-corrected chi connectivity index (χ3v) is 11.8. The molecule has 0 aromatic carbocycles. The van der Waals surface area contributed by atoms with Crippen LogP contribution in [0, 0.1) is 34.5 Å². The highest BCUT2D eigenvalue weighted by Gasteiger charge is 2.70. The van der Waals surface area contributed by atoms with Crippen LogP contribution in [0.15, 0.2) is 11.6 Å². The SMILES string of the molecule is CC(C)C[C@@H]1O[C@H](CCC(C)(C)O)[C@@](C)([C@H]2CC[C@@]3(O)C4=CC(=O)[C@@H]5C[C@@H](O)[C@@H](O)C[C@]5(C)[C@H]4CC[C@]23C)O1. The summed E-state index contributed by atoms with van der Waals surface area (Å²) >= 11 is 0. The summed E-state index contributed by atoms with van der Waals surface area (Å²) in [6.07, 6.45) is 5.09. The van der Waals surface area contributed by atoms with Crippen molar-refractivity contribution in [2.45, 2.75) is 148 Å². The number of ketones is 1. The molecular formula is C32H52O7. The molecule has 0 unspecified atom stereocenters. The van der Waals surface area contributed by atoms with Crippen molar-refractivity contribution in [3.05, 3.63) is 11.6 Å². The number of hydrogen-bond donors (Lipinski definition) is 4. The molecule has 7 heteroatoms. The summed E-state index contributed by atoms with van der Waals surface area (Å²) in [6, 6.07) is 0. The summed E-state index contributed by atoms with van der Waals surface area (Å²) in [4.78, 5) is 13.5. The van der Waals surface area contributed by atoms with Gasteiger partial charge in [-0.2, -0.15) is 0 Å². The van der Waals surface area contributed by atoms with Crippen molar-refractivity contribution in [3.8, 4) is 0 Å². The van der Waals surface area contributed by atoms with Crippen molar-refractivity contribution in [1.29, 1.82) is 0 Å². The fourth-order valence-corrected chi connectivity index (χ4v) is 9.63. The predicted molar refractivity (Wildman–Crippen MR) is 148 cm³/mol. The van der Waals surface area contributed by atoms with Crippen LogP contribution in [0.4, 0.5) is 0 Å². The van der Waals surface area contributed by atoms with Gasteiger partial charge < -0.3 is 29.9 Å². The smallest absolute Gasteiger partial charge is 0.159 e. The van der Waals surface area contributed by atoms with Crippen LogP contribution in [0.3, 0.4) is 0 Å². The quantitative estimate of drug-likeness (QED) is 0.391. The molecule has 39 heavy (non-hydrogen) atoms. The first kappa shape index (κ1) is 29.7. The van der Waals surface area contributed by atoms with Gasteiger partial charge in [-0.25, -0.2) is 0 Å². The van der Waals surface area contributed by atoms with Crippen LogP contribution in [0.2, 0.25) is 0 Å². The normalized spacial score (nSPS) is 50.0. The van der Waals surface area contributed by atoms with E-state index >= 15 is 0 Å². The van der Waals surface area contributed by atoms with Crippen LogP contribution in [-0.4, -0.2) is 67.6 Å². The standard InChI is InChI=1S/C32H52O7/c1-18(2)14-27-38-26(10-11-28(3,4)36)31(7,39-27)25-9-13-32(37)20-15-22(33)21-16-23(34)24(35)17-29(21,5)19(20)8-12-30(25,32)6/h15,18-19,21,23-27,34-37H,8-14,16-17H2,1-7H3/t19-,21-,23+,24-,25-,26+,27+,29+,30+,31+,32+/m0/s1. The van der Waals surface area contributed by atoms with Gasteiger partial charge >= 0.3 is 0 Å². The number of aliphatic hydroxyl groups is 4. The number of hydrogen-bond acceptors (Lipinski definition) is 7. The highest BCUT2D eigenvalue weighted by atomic mass is 16.7. The number of fused-ring (bicyclic) bond motifs is 5. The molecule has 0 amide bonds. The zero-order chi connectivity index (χ0) is 28.8. The molecule has 222 valence electrons. The fourth-order valence-electron chi connectivity index (χ4n) is 9.63. The third-order valence-electron chi connectivity index (χ3n) is 11.8. The van der Waals surface area contributed by atoms with Crippen LogP contribution < -0.4 is 0 Å². The third kappa shape index (κ3) is 4.58. The van der Waals surface area contributed by atoms with E-state index < -0.39 is 39.8 Å². The highest BCUT2D eigenvalue weighted by molar-refractivity contribution is 5.95. The van der Waals surface area contributed by atoms with Crippen molar-refractivity contribution in [2.24, 2.45) is 34.5 Å². The van der Waals surface area contributed by atoms with E-state index in [1.54, 1.807) is 6.08 Å². The van der Waals surface area contributed by atoms with Gasteiger partial charge in [0.25, 0.3) is 0 Å². The average molecular weight is 549 g/mol. The van der Waals surface area contributed by atoms with E-state index in [0.29, 0.717) is 31.6 Å². The summed E-state index contributed by atoms with van der Waals surface area (Å²) in [7, 11) is 0. The second kappa shape index (κ2) is 9.60. The number of allylic oxidation sites excluding steroid dienone is 1. The molecule has 5 rings (SSSR count). The summed E-state index contributed by atoms with van der Waals surface area (Å²) in [5.41, 5.74) is -2.74. The molecule has 1 heterocycles. The second-order valence-electron chi connectivity index (χ2n) is 15.4. The Bertz CT molecular complexity index is 1000. The molecule has 0 aromatic heterocycles. The number of ether oxygens (including phenoxy) is 2. The molecule has 1 aliphatic heterocycles. The van der Waals surface area contributed by atoms with Crippen molar-refractivity contribution >= 4 is 5.78 Å². The topological polar surface area (TPSA) is 116 Å². The zero-order valence-electron chi connectivity index (χ0n) is 25.1. The summed E-state index contributed by atoms with van der Waals surface area (Å²) in [6.45, 7) is 14.4. The molecule has 4 fully saturated rings. The maximum Gasteiger partial charge on any atom is 0.159 e. The highest BCUT2D eigenvalue weighted by Crippen LogP contribution is 2.69. The minimum absolute atomic E-state index is 0.00704. The van der Waals surface area contributed by atoms with Gasteiger partial charge in [0.15, 0.2) is 12.1 Å². The van der Waals surface area contributed by atoms with Crippen molar-refractivity contribution < 1.29 is 34.7 Å². The Morgan fingerprint density at radius 1 is 1.08 bits per heavy atom. The van der Waals surface area contributed by atoms with Gasteiger partial charge in [0.1, 0.15) is 0 Å². The van der Waals surface area contributed by atoms with Gasteiger partial charge in [0.05, 0.1) is 35.1 Å². The Kier molecular flexibility index (Phi) is 7.30. The number of carbonyl (C=O) groups is 1. The molecule has 7 nitrogen and oxygen atoms in total. The van der Waals surface area contributed by atoms with Gasteiger partial charge in [-0.05, 0) is 107 Å². The van der Waals surface area contributed by atoms with Crippen LogP contribution in [0.25, 0.3) is 0 Å². The lowest BCUT2D eigenvalue weighted by Crippen LogP contribution is -2.62. The van der Waals surface area contributed by atoms with Gasteiger partial charge in [-0.1, -0.05) is 27.7 Å². The van der Waals surface area contributed by atoms with E-state index in [0.717, 1.165) is 31.3 Å². The van der Waals surface area contributed by atoms with Crippen LogP contribution >= 0.6 is 0 Å². The van der Waals surface area contributed by atoms with E-state index in [9.17, 15) is 25.2 Å². The van der Waals surface area contributed by atoms with Crippen LogP contribution in [-0.2, 0) is 14.3 Å². The molecule has 0 radical (unpaired) electrons. The van der Waals surface area contributed by atoms with Crippen LogP contribution in [0.1, 0.15) is 106 Å². The molecule has 0 bridgehead atoms. The number of carbonyl (C=O) groups excluding carboxylic acids is 1. The van der Waals surface area contributed by atoms with Crippen molar-refractivity contribution in [1.82, 2.24) is 0 Å². The minimum Gasteiger partial charge on any atom is -0.390 e. The first-order valence-corrected chi connectivity index (χ1v) is 15.3. The minimum atomic E-state index is -1.14. The number of aliphatic hydroxyl groups excluding tert-OH is 2. The van der Waals surface area contributed by atoms with Crippen molar-refractivity contribution in [3.63, 3.8) is 0 Å². The monoisotopic (exact) mass is 548 g/mol. The van der Waals surface area contributed by atoms with Gasteiger partial charge in [0.2, 0.25) is 0 Å². The Morgan fingerprint density at radius 2 is 1.77 bits per heavy atom. The Morgan fingerprint density at radius 3 is 2.41 bits per heavy atom. The average Bonchev–Trinajstić information content (AvgIpc) is 3.27. The Balaban J connectivity index is 1.49. The molecule has 5 aliphatic rings. The molecular weight excluding hydrogens is 496 g/mol. The van der Waals surface area contributed by atoms with E-state index in [2.05, 4.69) is 34.6 Å². The van der Waals surface area contributed by atoms with Gasteiger partial charge in [-0.15, -0.1) is 0 Å². The largest absolute Gasteiger partial charge is 0.390 e. The van der Waals surface area contributed by atoms with Crippen molar-refractivity contribution in [2.75, 3.05) is 0 Å². The summed E-state index contributed by atoms with van der Waals surface area (Å²) < 4.78 is 13.4. The first-order chi connectivity index (χ1) is 17.9. The molecule has 1 saturated heterocycles. The number of rotatable bonds is 6. The molecule has 4 aliphatic carbocycles. The maximum absolute atomic E-state index is 13.5. The summed E-state index contributed by atoms with van der Waals surface area (Å²) in [5.74, 6) is 0.0623. The Labute approximate surface area is 234 Å². The zero-order valence-corrected chi connectivity index (χ0v) is 25.1. The fraction of sp³-hybridized carbons (Fsp3) is 0.906. The predicted octanol–water partition coefficient (Wildman–Crippen LogP) is 4.29. The Hall–Kier alpha value is -0.830. The lowest BCUT2D eigenvalue weighted by atomic mass is 9.45. The van der Waals surface area contributed by atoms with Gasteiger partial charge in [-0.3, -0.25) is 4.79 Å². The van der Waals surface area contributed by atoms with Gasteiger partial charge in [0, 0.05) is 17.8 Å². The van der Waals surface area contributed by atoms with E-state index in [1.165, 1.54) is 0 Å². The molecule has 0 aromatic rings. The van der Waals surface area contributed by atoms with Crippen LogP contribution in [0.5, 0.6) is 0 Å². The molecule has 3 saturated carbocycles. The lowest BCUT2D eigenvalue weighted by Gasteiger charge is -2.60.